The van der Waals surface area contributed by atoms with Crippen molar-refractivity contribution in [1.29, 1.82) is 0 Å². The van der Waals surface area contributed by atoms with Crippen LogP contribution < -0.4 is 11.3 Å². The summed E-state index contributed by atoms with van der Waals surface area (Å²) in [6.07, 6.45) is -2.14. The highest BCUT2D eigenvalue weighted by Gasteiger charge is 2.44. The molecule has 1 saturated heterocycles. The first-order chi connectivity index (χ1) is 17.4. The maximum atomic E-state index is 14.5. The minimum absolute atomic E-state index is 0.0183. The molecule has 2 aromatic rings. The lowest BCUT2D eigenvalue weighted by molar-refractivity contribution is -0.178. The number of halogens is 1. The fraction of sp³-hybridized carbons (Fsp3) is 0.571. The van der Waals surface area contributed by atoms with Crippen LogP contribution in [0.5, 0.6) is 0 Å². The number of nitrogens with zero attached hydrogens (tertiary/aromatic N) is 5. The predicted octanol–water partition coefficient (Wildman–Crippen LogP) is 1.15. The summed E-state index contributed by atoms with van der Waals surface area (Å²) >= 11 is 0. The number of phosphoric acid groups is 3. The summed E-state index contributed by atoms with van der Waals surface area (Å²) in [6.45, 7) is -0.193. The quantitative estimate of drug-likeness (QED) is 0.0648. The molecule has 3 unspecified atom stereocenters. The summed E-state index contributed by atoms with van der Waals surface area (Å²) in [4.78, 5) is 56.9. The van der Waals surface area contributed by atoms with Gasteiger partial charge in [0, 0.05) is 24.5 Å². The van der Waals surface area contributed by atoms with Crippen LogP contribution in [0.15, 0.2) is 22.2 Å². The van der Waals surface area contributed by atoms with E-state index in [1.807, 2.05) is 0 Å². The number of anilines is 1. The van der Waals surface area contributed by atoms with Gasteiger partial charge < -0.3 is 39.3 Å². The lowest BCUT2D eigenvalue weighted by Crippen LogP contribution is -2.35. The number of phosphoric ester groups is 1. The fourth-order valence-electron chi connectivity index (χ4n) is 3.50. The molecule has 20 nitrogen and oxygen atoms in total. The Bertz CT molecular complexity index is 1440. The van der Waals surface area contributed by atoms with Gasteiger partial charge in [0.05, 0.1) is 30.7 Å². The van der Waals surface area contributed by atoms with E-state index in [4.69, 9.17) is 30.5 Å². The third-order valence-electron chi connectivity index (χ3n) is 4.73. The SMILES string of the molecule is C[C@@](F)(N=[N+]=[N-])OC1C[C@H](Cn2ccc3c(=O)[nH]c(N)nc32)O[C@@H]1COP(=O)(O)OP(=O)(O)OP(=O)(O)O. The number of azide groups is 1. The van der Waals surface area contributed by atoms with Crippen molar-refractivity contribution in [1.82, 2.24) is 14.5 Å². The second-order valence-electron chi connectivity index (χ2n) is 7.79. The van der Waals surface area contributed by atoms with Crippen molar-refractivity contribution in [2.45, 2.75) is 44.2 Å². The normalized spacial score (nSPS) is 24.8. The van der Waals surface area contributed by atoms with Gasteiger partial charge in [0.1, 0.15) is 11.8 Å². The zero-order valence-corrected chi connectivity index (χ0v) is 21.7. The smallest absolute Gasteiger partial charge is 0.369 e. The van der Waals surface area contributed by atoms with Gasteiger partial charge in [0.15, 0.2) is 0 Å². The van der Waals surface area contributed by atoms with Crippen LogP contribution in [0.25, 0.3) is 21.5 Å². The number of hydrogen-bond acceptors (Lipinski definition) is 12. The molecular formula is C14H21FN7O13P3. The number of H-pyrrole nitrogens is 1. The zero-order valence-electron chi connectivity index (χ0n) is 19.0. The monoisotopic (exact) mass is 607 g/mol. The third-order valence-corrected chi connectivity index (χ3v) is 8.53. The Morgan fingerprint density at radius 1 is 1.34 bits per heavy atom. The Morgan fingerprint density at radius 3 is 2.66 bits per heavy atom. The van der Waals surface area contributed by atoms with Gasteiger partial charge in [-0.15, -0.1) is 0 Å². The Morgan fingerprint density at radius 2 is 2.03 bits per heavy atom. The molecule has 0 aliphatic carbocycles. The number of aromatic nitrogens is 3. The summed E-state index contributed by atoms with van der Waals surface area (Å²) in [5.74, 6) is -3.05. The Balaban J connectivity index is 1.77. The Labute approximate surface area is 210 Å². The first kappa shape index (κ1) is 30.3. The predicted molar refractivity (Wildman–Crippen MR) is 121 cm³/mol. The van der Waals surface area contributed by atoms with Crippen LogP contribution in [0.2, 0.25) is 0 Å². The van der Waals surface area contributed by atoms with E-state index in [1.54, 1.807) is 0 Å². The van der Waals surface area contributed by atoms with E-state index in [1.165, 1.54) is 16.8 Å². The fourth-order valence-corrected chi connectivity index (χ4v) is 6.53. The molecule has 0 bridgehead atoms. The average molecular weight is 607 g/mol. The summed E-state index contributed by atoms with van der Waals surface area (Å²) in [5.41, 5.74) is 13.8. The lowest BCUT2D eigenvalue weighted by atomic mass is 10.1. The maximum absolute atomic E-state index is 14.5. The number of hydrogen-bond donors (Lipinski definition) is 6. The molecule has 24 heteroatoms. The number of nitrogens with one attached hydrogen (secondary N) is 1. The van der Waals surface area contributed by atoms with Gasteiger partial charge in [-0.05, 0) is 16.7 Å². The van der Waals surface area contributed by atoms with E-state index in [2.05, 4.69) is 33.1 Å². The molecule has 7 N–H and O–H groups in total. The molecule has 1 aliphatic heterocycles. The van der Waals surface area contributed by atoms with Crippen LogP contribution in [0, 0.1) is 0 Å². The van der Waals surface area contributed by atoms with Crippen molar-refractivity contribution in [3.8, 4) is 0 Å². The van der Waals surface area contributed by atoms with Crippen molar-refractivity contribution >= 4 is 40.4 Å². The van der Waals surface area contributed by atoms with Gasteiger partial charge in [-0.3, -0.25) is 14.3 Å². The summed E-state index contributed by atoms with van der Waals surface area (Å²) in [5, 5.41) is 3.05. The van der Waals surface area contributed by atoms with Gasteiger partial charge >= 0.3 is 23.5 Å². The minimum Gasteiger partial charge on any atom is -0.369 e. The van der Waals surface area contributed by atoms with Crippen LogP contribution >= 0.6 is 23.5 Å². The second-order valence-corrected chi connectivity index (χ2v) is 12.2. The zero-order chi connectivity index (χ0) is 28.5. The van der Waals surface area contributed by atoms with E-state index in [0.717, 1.165) is 6.92 Å². The molecule has 0 aromatic carbocycles. The Kier molecular flexibility index (Phi) is 8.87. The largest absolute Gasteiger partial charge is 0.490 e. The molecule has 3 rings (SSSR count). The van der Waals surface area contributed by atoms with Crippen molar-refractivity contribution in [3.05, 3.63) is 33.1 Å². The van der Waals surface area contributed by atoms with Crippen molar-refractivity contribution in [2.24, 2.45) is 5.11 Å². The van der Waals surface area contributed by atoms with Crippen molar-refractivity contribution in [3.63, 3.8) is 0 Å². The van der Waals surface area contributed by atoms with Gasteiger partial charge in [-0.25, -0.2) is 18.1 Å². The molecule has 0 spiro atoms. The third kappa shape index (κ3) is 8.39. The van der Waals surface area contributed by atoms with E-state index in [9.17, 15) is 32.7 Å². The molecule has 1 aliphatic rings. The topological polar surface area (TPSA) is 304 Å². The minimum atomic E-state index is -5.77. The van der Waals surface area contributed by atoms with Gasteiger partial charge in [0.25, 0.3) is 11.5 Å². The number of nitrogen functional groups attached to an aromatic ring is 1. The first-order valence-corrected chi connectivity index (χ1v) is 14.6. The van der Waals surface area contributed by atoms with E-state index >= 15 is 0 Å². The number of alkyl halides is 1. The maximum Gasteiger partial charge on any atom is 0.490 e. The molecule has 6 atom stereocenters. The number of ether oxygens (including phenoxy) is 2. The van der Waals surface area contributed by atoms with Gasteiger partial charge in [-0.1, -0.05) is 0 Å². The number of rotatable bonds is 12. The van der Waals surface area contributed by atoms with Crippen molar-refractivity contribution < 1.29 is 60.3 Å². The number of fused-ring (bicyclic) bond motifs is 1. The highest BCUT2D eigenvalue weighted by atomic mass is 31.3. The van der Waals surface area contributed by atoms with Crippen LogP contribution in [0.1, 0.15) is 13.3 Å². The van der Waals surface area contributed by atoms with Crippen LogP contribution in [-0.4, -0.2) is 65.0 Å². The summed E-state index contributed by atoms with van der Waals surface area (Å²) < 4.78 is 72.9. The first-order valence-electron chi connectivity index (χ1n) is 10.1. The summed E-state index contributed by atoms with van der Waals surface area (Å²) in [6, 6.07) is 1.46. The average Bonchev–Trinajstić information content (AvgIpc) is 3.27. The van der Waals surface area contributed by atoms with Gasteiger partial charge in [-0.2, -0.15) is 13.6 Å². The van der Waals surface area contributed by atoms with Crippen molar-refractivity contribution in [2.75, 3.05) is 12.3 Å². The lowest BCUT2D eigenvalue weighted by Gasteiger charge is -2.25. The standard InChI is InChI=1S/C14H21FN7O13P3/c1-14(15,20-21-17)33-9-4-7(5-22-3-2-8-11(22)18-13(16)19-12(8)23)32-10(9)6-31-37(27,28)35-38(29,30)34-36(24,25)26/h2-3,7,9-10H,4-6H2,1H3,(H,27,28)(H,29,30)(H2,24,25,26)(H3,16,18,19,23)/t7-,9?,10-,14-/m1/s1. The van der Waals surface area contributed by atoms with E-state index in [-0.39, 0.29) is 29.9 Å². The molecule has 212 valence electrons. The highest BCUT2D eigenvalue weighted by Crippen LogP contribution is 2.66. The molecule has 0 amide bonds. The molecule has 3 heterocycles. The Hall–Kier alpha value is -2.21. The van der Waals surface area contributed by atoms with Gasteiger partial charge in [0.2, 0.25) is 5.95 Å². The highest BCUT2D eigenvalue weighted by molar-refractivity contribution is 7.66. The molecule has 0 radical (unpaired) electrons. The number of aromatic amines is 1. The van der Waals surface area contributed by atoms with E-state index in [0.29, 0.717) is 0 Å². The molecule has 38 heavy (non-hydrogen) atoms. The second kappa shape index (κ2) is 11.1. The molecular weight excluding hydrogens is 586 g/mol. The van der Waals surface area contributed by atoms with Crippen LogP contribution in [0.4, 0.5) is 10.3 Å². The molecule has 2 aromatic heterocycles. The summed E-state index contributed by atoms with van der Waals surface area (Å²) in [7, 11) is -16.9. The van der Waals surface area contributed by atoms with Crippen LogP contribution in [0.3, 0.4) is 0 Å². The van der Waals surface area contributed by atoms with E-state index < -0.39 is 59.9 Å². The molecule has 0 saturated carbocycles. The van der Waals surface area contributed by atoms with Crippen LogP contribution in [-0.2, 0) is 42.9 Å². The molecule has 1 fully saturated rings. The number of nitrogens with two attached hydrogens (primary N) is 1.